The highest BCUT2D eigenvalue weighted by atomic mass is 16.3. The minimum absolute atomic E-state index is 0.0248. The van der Waals surface area contributed by atoms with Crippen LogP contribution < -0.4 is 21.3 Å². The van der Waals surface area contributed by atoms with Gasteiger partial charge in [0.15, 0.2) is 0 Å². The Morgan fingerprint density at radius 1 is 0.447 bits per heavy atom. The number of amides is 11. The Balaban J connectivity index is 4.32. The summed E-state index contributed by atoms with van der Waals surface area (Å²) >= 11 is 0. The molecule has 1 aliphatic heterocycles. The summed E-state index contributed by atoms with van der Waals surface area (Å²) in [6.45, 7) is 27.9. The fraction of sp³-hybridized carbons (Fsp3) is 0.790. The molecule has 85 heavy (non-hydrogen) atoms. The first-order valence-corrected chi connectivity index (χ1v) is 30.7. The molecular weight excluding hydrogens is 1090 g/mol. The van der Waals surface area contributed by atoms with Crippen molar-refractivity contribution in [1.29, 1.82) is 0 Å². The van der Waals surface area contributed by atoms with Crippen LogP contribution in [0.4, 0.5) is 0 Å². The second-order valence-electron chi connectivity index (χ2n) is 25.6. The third-order valence-corrected chi connectivity index (χ3v) is 16.2. The van der Waals surface area contributed by atoms with Crippen LogP contribution in [0.15, 0.2) is 12.2 Å². The van der Waals surface area contributed by atoms with Crippen molar-refractivity contribution in [2.24, 2.45) is 35.5 Å². The average molecular weight is 1200 g/mol. The molecule has 0 aromatic rings. The summed E-state index contributed by atoms with van der Waals surface area (Å²) in [5.41, 5.74) is 0. The molecule has 0 aliphatic carbocycles. The maximum Gasteiger partial charge on any atom is 0.246 e. The molecule has 0 radical (unpaired) electrons. The highest BCUT2D eigenvalue weighted by Gasteiger charge is 2.45. The third-order valence-electron chi connectivity index (χ3n) is 16.2. The zero-order valence-corrected chi connectivity index (χ0v) is 55.9. The van der Waals surface area contributed by atoms with Gasteiger partial charge in [-0.05, 0) is 101 Å². The van der Waals surface area contributed by atoms with Gasteiger partial charge in [0.25, 0.3) is 0 Å². The Hall–Kier alpha value is -6.13. The normalized spacial score (nSPS) is 26.8. The largest absolute Gasteiger partial charge is 0.390 e. The summed E-state index contributed by atoms with van der Waals surface area (Å²) < 4.78 is 0. The monoisotopic (exact) mass is 1200 g/mol. The Kier molecular flexibility index (Phi) is 32.1. The SMILES string of the molecule is C/C=C/C[C@@H](C)[C@@H](O)C1C(=O)N[C@@H](CC)C(=O)N(C)CC(=O)N(C)[C@@H](CC(C)C)C(=O)N[C@@H](CC)C(=O)N(C)[C@@H](CC(C)C)C(=O)NC(CC)C(=O)N[C@H](C)C(=O)N(C)[C@@H](CC(C)C)C(=O)N(C)[C@@H](CC(C)C)C(=O)N(C)[C@@H](C(C)C)C(=O)N1C. The lowest BCUT2D eigenvalue weighted by atomic mass is 9.91. The van der Waals surface area contributed by atoms with Gasteiger partial charge in [-0.25, -0.2) is 0 Å². The maximum absolute atomic E-state index is 15.1. The molecule has 5 N–H and O–H groups in total. The average Bonchev–Trinajstić information content (AvgIpc) is 2.80. The molecule has 0 saturated carbocycles. The molecule has 1 heterocycles. The van der Waals surface area contributed by atoms with E-state index in [1.807, 2.05) is 61.5 Å². The van der Waals surface area contributed by atoms with E-state index in [-0.39, 0.29) is 68.6 Å². The molecule has 0 aromatic carbocycles. The molecule has 1 aliphatic rings. The van der Waals surface area contributed by atoms with Gasteiger partial charge < -0.3 is 60.7 Å². The molecule has 1 rings (SSSR count). The van der Waals surface area contributed by atoms with Gasteiger partial charge in [-0.1, -0.05) is 109 Å². The van der Waals surface area contributed by atoms with Crippen LogP contribution in [0.2, 0.25) is 0 Å². The fourth-order valence-electron chi connectivity index (χ4n) is 10.8. The van der Waals surface area contributed by atoms with E-state index in [0.717, 1.165) is 9.80 Å². The molecule has 1 fully saturated rings. The number of carbonyl (C=O) groups excluding carboxylic acids is 11. The van der Waals surface area contributed by atoms with Gasteiger partial charge in [-0.15, -0.1) is 0 Å². The van der Waals surface area contributed by atoms with E-state index in [9.17, 15) is 48.3 Å². The van der Waals surface area contributed by atoms with Crippen molar-refractivity contribution in [2.45, 2.75) is 229 Å². The Morgan fingerprint density at radius 2 is 0.824 bits per heavy atom. The number of aliphatic hydroxyl groups excluding tert-OH is 1. The number of aliphatic hydroxyl groups is 1. The van der Waals surface area contributed by atoms with Crippen LogP contribution in [0, 0.1) is 35.5 Å². The van der Waals surface area contributed by atoms with Crippen molar-refractivity contribution in [3.05, 3.63) is 12.2 Å². The molecule has 12 atom stereocenters. The molecular formula is C62H111N11O12. The van der Waals surface area contributed by atoms with Crippen molar-refractivity contribution >= 4 is 65.0 Å². The highest BCUT2D eigenvalue weighted by Crippen LogP contribution is 2.25. The van der Waals surface area contributed by atoms with Gasteiger partial charge in [0, 0.05) is 49.3 Å². The second kappa shape index (κ2) is 35.5. The van der Waals surface area contributed by atoms with Crippen LogP contribution in [-0.2, 0) is 52.7 Å². The summed E-state index contributed by atoms with van der Waals surface area (Å²) in [4.78, 5) is 169. The second-order valence-corrected chi connectivity index (χ2v) is 25.6. The number of nitrogens with one attached hydrogen (secondary N) is 4. The van der Waals surface area contributed by atoms with Gasteiger partial charge in [0.2, 0.25) is 65.0 Å². The van der Waals surface area contributed by atoms with Crippen molar-refractivity contribution in [1.82, 2.24) is 55.6 Å². The van der Waals surface area contributed by atoms with Crippen LogP contribution in [0.3, 0.4) is 0 Å². The van der Waals surface area contributed by atoms with E-state index in [4.69, 9.17) is 0 Å². The van der Waals surface area contributed by atoms with E-state index in [2.05, 4.69) is 21.3 Å². The first kappa shape index (κ1) is 76.9. The molecule has 0 bridgehead atoms. The van der Waals surface area contributed by atoms with Crippen molar-refractivity contribution in [2.75, 3.05) is 55.9 Å². The van der Waals surface area contributed by atoms with Crippen LogP contribution >= 0.6 is 0 Å². The number of likely N-dealkylation sites (N-methyl/N-ethyl adjacent to an activating group) is 7. The van der Waals surface area contributed by atoms with Crippen molar-refractivity contribution < 1.29 is 57.8 Å². The molecule has 11 amide bonds. The number of allylic oxidation sites excluding steroid dienone is 2. The molecule has 0 spiro atoms. The van der Waals surface area contributed by atoms with Gasteiger partial charge in [0.1, 0.15) is 60.4 Å². The number of rotatable bonds is 16. The smallest absolute Gasteiger partial charge is 0.246 e. The minimum Gasteiger partial charge on any atom is -0.390 e. The van der Waals surface area contributed by atoms with Crippen LogP contribution in [0.25, 0.3) is 0 Å². The lowest BCUT2D eigenvalue weighted by molar-refractivity contribution is -0.157. The number of nitrogens with zero attached hydrogens (tertiary/aromatic N) is 7. The summed E-state index contributed by atoms with van der Waals surface area (Å²) in [7, 11) is 9.93. The van der Waals surface area contributed by atoms with E-state index < -0.39 is 150 Å². The van der Waals surface area contributed by atoms with Crippen molar-refractivity contribution in [3.63, 3.8) is 0 Å². The lowest BCUT2D eigenvalue weighted by Gasteiger charge is -2.41. The lowest BCUT2D eigenvalue weighted by Crippen LogP contribution is -2.63. The van der Waals surface area contributed by atoms with Crippen LogP contribution in [0.5, 0.6) is 0 Å². The predicted molar refractivity (Wildman–Crippen MR) is 329 cm³/mol. The molecule has 23 heteroatoms. The van der Waals surface area contributed by atoms with E-state index >= 15 is 9.59 Å². The standard InChI is InChI=1S/C62H111N11O12/c1-24-28-29-40(15)52(75)51-56(79)66-43(26-3)58(81)67(17)34-49(74)68(18)45(30-35(5)6)54(77)65-44(27-4)59(82)69(19)46(31-36(7)8)55(78)64-42(25-2)53(76)63-41(16)57(80)70(20)47(32-37(9)10)60(83)71(21)48(33-38(11)12)61(84)72(22)50(39(13)14)62(85)73(51)23/h24,28,35-48,50-52,75H,25-27,29-34H2,1-23H3,(H,63,76)(H,64,78)(H,65,77)(H,66,79)/b28-24+/t40-,41-,42?,43+,44+,45+,46+,47+,48+,50+,51?,52-/m1/s1. The van der Waals surface area contributed by atoms with Gasteiger partial charge in [-0.2, -0.15) is 0 Å². The van der Waals surface area contributed by atoms with E-state index in [1.54, 1.807) is 54.5 Å². The molecule has 23 nitrogen and oxygen atoms in total. The first-order chi connectivity index (χ1) is 39.4. The zero-order chi connectivity index (χ0) is 65.8. The van der Waals surface area contributed by atoms with Gasteiger partial charge in [0.05, 0.1) is 12.6 Å². The van der Waals surface area contributed by atoms with Crippen LogP contribution in [0.1, 0.15) is 162 Å². The van der Waals surface area contributed by atoms with Gasteiger partial charge >= 0.3 is 0 Å². The van der Waals surface area contributed by atoms with E-state index in [0.29, 0.717) is 6.42 Å². The minimum atomic E-state index is -1.61. The first-order valence-electron chi connectivity index (χ1n) is 30.7. The Bertz CT molecular complexity index is 2310. The fourth-order valence-corrected chi connectivity index (χ4v) is 10.8. The topological polar surface area (TPSA) is 279 Å². The Morgan fingerprint density at radius 3 is 1.26 bits per heavy atom. The maximum atomic E-state index is 15.1. The Labute approximate surface area is 508 Å². The van der Waals surface area contributed by atoms with Gasteiger partial charge in [-0.3, -0.25) is 52.7 Å². The summed E-state index contributed by atoms with van der Waals surface area (Å²) in [5.74, 6) is -9.08. The number of hydrogen-bond donors (Lipinski definition) is 5. The summed E-state index contributed by atoms with van der Waals surface area (Å²) in [6, 6.07) is -12.2. The van der Waals surface area contributed by atoms with Crippen LogP contribution in [-0.4, -0.2) is 227 Å². The van der Waals surface area contributed by atoms with E-state index in [1.165, 1.54) is 80.8 Å². The highest BCUT2D eigenvalue weighted by molar-refractivity contribution is 5.99. The van der Waals surface area contributed by atoms with Crippen molar-refractivity contribution in [3.8, 4) is 0 Å². The molecule has 486 valence electrons. The predicted octanol–water partition coefficient (Wildman–Crippen LogP) is 3.41. The number of hydrogen-bond acceptors (Lipinski definition) is 12. The molecule has 1 saturated heterocycles. The molecule has 2 unspecified atom stereocenters. The third kappa shape index (κ3) is 21.7. The quantitative estimate of drug-likeness (QED) is 0.139. The summed E-state index contributed by atoms with van der Waals surface area (Å²) in [6.07, 6.45) is 3.26. The zero-order valence-electron chi connectivity index (χ0n) is 55.9. The molecule has 0 aromatic heterocycles. The number of carbonyl (C=O) groups is 11. The summed E-state index contributed by atoms with van der Waals surface area (Å²) in [5, 5.41) is 23.1.